The molecule has 1 aromatic carbocycles. The van der Waals surface area contributed by atoms with Gasteiger partial charge in [0, 0.05) is 16.8 Å². The summed E-state index contributed by atoms with van der Waals surface area (Å²) >= 11 is 5.94. The van der Waals surface area contributed by atoms with Crippen LogP contribution in [-0.4, -0.2) is 22.8 Å². The van der Waals surface area contributed by atoms with E-state index in [2.05, 4.69) is 15.6 Å². The molecule has 1 fully saturated rings. The van der Waals surface area contributed by atoms with Gasteiger partial charge in [-0.3, -0.25) is 9.59 Å². The Kier molecular flexibility index (Phi) is 5.89. The molecular formula is C20H22ClN3O2. The molecule has 0 atom stereocenters. The van der Waals surface area contributed by atoms with Gasteiger partial charge in [0.25, 0.3) is 11.8 Å². The van der Waals surface area contributed by atoms with Gasteiger partial charge in [0.2, 0.25) is 0 Å². The number of pyridine rings is 1. The molecule has 1 aromatic heterocycles. The summed E-state index contributed by atoms with van der Waals surface area (Å²) in [7, 11) is 0. The maximum absolute atomic E-state index is 12.5. The van der Waals surface area contributed by atoms with E-state index in [4.69, 9.17) is 11.6 Å². The third-order valence-electron chi connectivity index (χ3n) is 4.59. The van der Waals surface area contributed by atoms with Crippen LogP contribution in [0.5, 0.6) is 0 Å². The summed E-state index contributed by atoms with van der Waals surface area (Å²) in [5.74, 6) is -0.586. The van der Waals surface area contributed by atoms with E-state index >= 15 is 0 Å². The van der Waals surface area contributed by atoms with Gasteiger partial charge in [-0.05, 0) is 55.7 Å². The lowest BCUT2D eigenvalue weighted by atomic mass is 9.95. The van der Waals surface area contributed by atoms with E-state index in [0.717, 1.165) is 31.2 Å². The summed E-state index contributed by atoms with van der Waals surface area (Å²) in [5.41, 5.74) is 1.99. The van der Waals surface area contributed by atoms with Crippen molar-refractivity contribution in [1.29, 1.82) is 0 Å². The SMILES string of the molecule is Cc1cc(Cl)ccc1NC(=O)c1cccc(C(=O)NC2CCCCC2)n1. The molecule has 2 N–H and O–H groups in total. The maximum Gasteiger partial charge on any atom is 0.274 e. The van der Waals surface area contributed by atoms with Gasteiger partial charge in [0.1, 0.15) is 11.4 Å². The van der Waals surface area contributed by atoms with E-state index in [1.807, 2.05) is 6.92 Å². The van der Waals surface area contributed by atoms with E-state index < -0.39 is 0 Å². The van der Waals surface area contributed by atoms with Crippen molar-refractivity contribution in [2.45, 2.75) is 45.1 Å². The summed E-state index contributed by atoms with van der Waals surface area (Å²) in [6.45, 7) is 1.86. The lowest BCUT2D eigenvalue weighted by molar-refractivity contribution is 0.0922. The normalized spacial score (nSPS) is 14.7. The van der Waals surface area contributed by atoms with Gasteiger partial charge >= 0.3 is 0 Å². The van der Waals surface area contributed by atoms with Crippen LogP contribution in [0.25, 0.3) is 0 Å². The largest absolute Gasteiger partial charge is 0.348 e. The Bertz CT molecular complexity index is 816. The number of halogens is 1. The highest BCUT2D eigenvalue weighted by Gasteiger charge is 2.18. The third kappa shape index (κ3) is 4.61. The summed E-state index contributed by atoms with van der Waals surface area (Å²) in [4.78, 5) is 29.1. The topological polar surface area (TPSA) is 71.1 Å². The van der Waals surface area contributed by atoms with Crippen molar-refractivity contribution in [3.05, 3.63) is 58.4 Å². The van der Waals surface area contributed by atoms with Crippen LogP contribution in [0.4, 0.5) is 5.69 Å². The average Bonchev–Trinajstić information content (AvgIpc) is 2.65. The minimum atomic E-state index is -0.359. The summed E-state index contributed by atoms with van der Waals surface area (Å²) in [6, 6.07) is 10.3. The molecule has 1 saturated carbocycles. The van der Waals surface area contributed by atoms with Crippen molar-refractivity contribution in [2.24, 2.45) is 0 Å². The van der Waals surface area contributed by atoms with Crippen LogP contribution in [0.1, 0.15) is 58.6 Å². The van der Waals surface area contributed by atoms with Crippen LogP contribution in [0.15, 0.2) is 36.4 Å². The van der Waals surface area contributed by atoms with Crippen molar-refractivity contribution >= 4 is 29.1 Å². The van der Waals surface area contributed by atoms with E-state index in [-0.39, 0.29) is 29.2 Å². The number of benzene rings is 1. The van der Waals surface area contributed by atoms with Gasteiger partial charge in [0.15, 0.2) is 0 Å². The summed E-state index contributed by atoms with van der Waals surface area (Å²) < 4.78 is 0. The molecule has 136 valence electrons. The molecule has 3 rings (SSSR count). The second-order valence-corrected chi connectivity index (χ2v) is 7.07. The average molecular weight is 372 g/mol. The molecule has 6 heteroatoms. The van der Waals surface area contributed by atoms with Crippen LogP contribution in [0, 0.1) is 6.92 Å². The highest BCUT2D eigenvalue weighted by atomic mass is 35.5. The van der Waals surface area contributed by atoms with Gasteiger partial charge in [-0.15, -0.1) is 0 Å². The van der Waals surface area contributed by atoms with Gasteiger partial charge in [-0.2, -0.15) is 0 Å². The predicted octanol–water partition coefficient (Wildman–Crippen LogP) is 4.36. The first-order chi connectivity index (χ1) is 12.5. The zero-order valence-electron chi connectivity index (χ0n) is 14.7. The first-order valence-corrected chi connectivity index (χ1v) is 9.26. The first-order valence-electron chi connectivity index (χ1n) is 8.88. The number of carbonyl (C=O) groups excluding carboxylic acids is 2. The Morgan fingerprint density at radius 3 is 2.42 bits per heavy atom. The predicted molar refractivity (Wildman–Crippen MR) is 103 cm³/mol. The minimum absolute atomic E-state index is 0.201. The van der Waals surface area contributed by atoms with Gasteiger partial charge in [-0.25, -0.2) is 4.98 Å². The van der Waals surface area contributed by atoms with E-state index in [1.54, 1.807) is 36.4 Å². The number of nitrogens with one attached hydrogen (secondary N) is 2. The van der Waals surface area contributed by atoms with Crippen molar-refractivity contribution in [2.75, 3.05) is 5.32 Å². The quantitative estimate of drug-likeness (QED) is 0.838. The molecule has 26 heavy (non-hydrogen) atoms. The molecule has 0 radical (unpaired) electrons. The number of anilines is 1. The molecule has 0 bridgehead atoms. The second kappa shape index (κ2) is 8.32. The molecule has 0 unspecified atom stereocenters. The molecule has 0 saturated heterocycles. The molecule has 0 spiro atoms. The lowest BCUT2D eigenvalue weighted by Crippen LogP contribution is -2.36. The van der Waals surface area contributed by atoms with Gasteiger partial charge < -0.3 is 10.6 Å². The zero-order valence-corrected chi connectivity index (χ0v) is 15.5. The monoisotopic (exact) mass is 371 g/mol. The Morgan fingerprint density at radius 1 is 1.04 bits per heavy atom. The van der Waals surface area contributed by atoms with E-state index in [1.165, 1.54) is 6.42 Å². The van der Waals surface area contributed by atoms with Gasteiger partial charge in [-0.1, -0.05) is 36.9 Å². The molecule has 1 aliphatic carbocycles. The Hall–Kier alpha value is -2.40. The third-order valence-corrected chi connectivity index (χ3v) is 4.83. The number of rotatable bonds is 4. The number of carbonyl (C=O) groups is 2. The maximum atomic E-state index is 12.5. The summed E-state index contributed by atoms with van der Waals surface area (Å²) in [5, 5.41) is 6.44. The number of aryl methyl sites for hydroxylation is 1. The molecule has 1 aliphatic rings. The number of hydrogen-bond acceptors (Lipinski definition) is 3. The summed E-state index contributed by atoms with van der Waals surface area (Å²) in [6.07, 6.45) is 5.51. The molecule has 2 aromatic rings. The number of amides is 2. The van der Waals surface area contributed by atoms with Crippen LogP contribution >= 0.6 is 11.6 Å². The van der Waals surface area contributed by atoms with Crippen LogP contribution in [0.2, 0.25) is 5.02 Å². The molecule has 1 heterocycles. The molecular weight excluding hydrogens is 350 g/mol. The molecule has 0 aliphatic heterocycles. The first kappa shape index (κ1) is 18.4. The van der Waals surface area contributed by atoms with Crippen LogP contribution in [0.3, 0.4) is 0 Å². The van der Waals surface area contributed by atoms with Crippen molar-refractivity contribution in [1.82, 2.24) is 10.3 Å². The Morgan fingerprint density at radius 2 is 1.73 bits per heavy atom. The highest BCUT2D eigenvalue weighted by Crippen LogP contribution is 2.20. The number of nitrogens with zero attached hydrogens (tertiary/aromatic N) is 1. The standard InChI is InChI=1S/C20H22ClN3O2/c1-13-12-14(21)10-11-16(13)24-20(26)18-9-5-8-17(23-18)19(25)22-15-6-3-2-4-7-15/h5,8-12,15H,2-4,6-7H2,1H3,(H,22,25)(H,24,26). The second-order valence-electron chi connectivity index (χ2n) is 6.63. The van der Waals surface area contributed by atoms with Crippen molar-refractivity contribution < 1.29 is 9.59 Å². The van der Waals surface area contributed by atoms with E-state index in [9.17, 15) is 9.59 Å². The smallest absolute Gasteiger partial charge is 0.274 e. The zero-order chi connectivity index (χ0) is 18.5. The number of hydrogen-bond donors (Lipinski definition) is 2. The fourth-order valence-electron chi connectivity index (χ4n) is 3.15. The van der Waals surface area contributed by atoms with E-state index in [0.29, 0.717) is 10.7 Å². The number of aromatic nitrogens is 1. The van der Waals surface area contributed by atoms with Crippen LogP contribution < -0.4 is 10.6 Å². The Balaban J connectivity index is 1.69. The van der Waals surface area contributed by atoms with Crippen molar-refractivity contribution in [3.8, 4) is 0 Å². The minimum Gasteiger partial charge on any atom is -0.348 e. The highest BCUT2D eigenvalue weighted by molar-refractivity contribution is 6.30. The van der Waals surface area contributed by atoms with Crippen molar-refractivity contribution in [3.63, 3.8) is 0 Å². The fraction of sp³-hybridized carbons (Fsp3) is 0.350. The Labute approximate surface area is 158 Å². The van der Waals surface area contributed by atoms with Gasteiger partial charge in [0.05, 0.1) is 0 Å². The lowest BCUT2D eigenvalue weighted by Gasteiger charge is -2.22. The molecule has 2 amide bonds. The fourth-order valence-corrected chi connectivity index (χ4v) is 3.37. The molecule has 5 nitrogen and oxygen atoms in total. The van der Waals surface area contributed by atoms with Crippen LogP contribution in [-0.2, 0) is 0 Å².